The van der Waals surface area contributed by atoms with Crippen LogP contribution in [0.15, 0.2) is 36.4 Å². The smallest absolute Gasteiger partial charge is 0.397 e. The van der Waals surface area contributed by atoms with Gasteiger partial charge in [0.1, 0.15) is 11.5 Å². The van der Waals surface area contributed by atoms with E-state index in [0.717, 1.165) is 62.9 Å². The van der Waals surface area contributed by atoms with Crippen LogP contribution < -0.4 is 9.05 Å². The summed E-state index contributed by atoms with van der Waals surface area (Å²) in [6, 6.07) is 13.0. The minimum Gasteiger partial charge on any atom is -0.426 e. The lowest BCUT2D eigenvalue weighted by atomic mass is 9.93. The van der Waals surface area contributed by atoms with Crippen LogP contribution in [-0.4, -0.2) is 26.4 Å². The highest BCUT2D eigenvalue weighted by Gasteiger charge is 2.45. The molecule has 6 nitrogen and oxygen atoms in total. The minimum atomic E-state index is -1.45. The van der Waals surface area contributed by atoms with Crippen LogP contribution in [0.3, 0.4) is 0 Å². The molecular formula is C31H46O6P2. The Morgan fingerprint density at radius 2 is 1.05 bits per heavy atom. The average molecular weight is 577 g/mol. The van der Waals surface area contributed by atoms with Gasteiger partial charge in [0, 0.05) is 0 Å². The first-order valence-corrected chi connectivity index (χ1v) is 17.0. The summed E-state index contributed by atoms with van der Waals surface area (Å²) in [6.45, 7) is 10.8. The van der Waals surface area contributed by atoms with Crippen molar-refractivity contribution < 1.29 is 27.1 Å². The Hall–Kier alpha value is -1.26. The molecule has 2 aliphatic heterocycles. The Bertz CT molecular complexity index is 1010. The van der Waals surface area contributed by atoms with Crippen LogP contribution in [0.4, 0.5) is 0 Å². The van der Waals surface area contributed by atoms with Gasteiger partial charge in [0.2, 0.25) is 0 Å². The van der Waals surface area contributed by atoms with E-state index in [9.17, 15) is 0 Å². The summed E-state index contributed by atoms with van der Waals surface area (Å²) >= 11 is 0. The van der Waals surface area contributed by atoms with Gasteiger partial charge in [-0.25, -0.2) is 0 Å². The fourth-order valence-electron chi connectivity index (χ4n) is 4.67. The highest BCUT2D eigenvalue weighted by Crippen LogP contribution is 2.53. The van der Waals surface area contributed by atoms with Crippen LogP contribution in [0.2, 0.25) is 0 Å². The third-order valence-electron chi connectivity index (χ3n) is 7.33. The maximum Gasteiger partial charge on any atom is 0.397 e. The number of hydrogen-bond donors (Lipinski definition) is 0. The molecular weight excluding hydrogens is 530 g/mol. The van der Waals surface area contributed by atoms with E-state index in [2.05, 4.69) is 64.1 Å². The minimum absolute atomic E-state index is 0.337. The molecule has 0 atom stereocenters. The molecule has 2 aromatic rings. The van der Waals surface area contributed by atoms with Gasteiger partial charge in [0.05, 0.1) is 31.8 Å². The van der Waals surface area contributed by atoms with Gasteiger partial charge in [0.25, 0.3) is 0 Å². The first-order chi connectivity index (χ1) is 19.1. The molecule has 2 heterocycles. The van der Waals surface area contributed by atoms with Crippen LogP contribution in [-0.2, 0) is 43.8 Å². The molecule has 1 spiro atoms. The topological polar surface area (TPSA) is 55.4 Å². The van der Waals surface area contributed by atoms with Gasteiger partial charge in [-0.2, -0.15) is 0 Å². The molecule has 0 aliphatic carbocycles. The van der Waals surface area contributed by atoms with Crippen molar-refractivity contribution in [2.24, 2.45) is 5.41 Å². The maximum atomic E-state index is 6.26. The number of benzene rings is 2. The zero-order chi connectivity index (χ0) is 27.5. The molecule has 39 heavy (non-hydrogen) atoms. The van der Waals surface area contributed by atoms with Gasteiger partial charge in [-0.15, -0.1) is 0 Å². The zero-order valence-electron chi connectivity index (χ0n) is 24.2. The Kier molecular flexibility index (Phi) is 12.3. The monoisotopic (exact) mass is 576 g/mol. The van der Waals surface area contributed by atoms with Gasteiger partial charge in [-0.3, -0.25) is 0 Å². The Morgan fingerprint density at radius 3 is 1.51 bits per heavy atom. The van der Waals surface area contributed by atoms with E-state index in [4.69, 9.17) is 27.1 Å². The summed E-state index contributed by atoms with van der Waals surface area (Å²) in [5.74, 6) is 1.75. The molecule has 2 aliphatic rings. The van der Waals surface area contributed by atoms with Crippen molar-refractivity contribution in [3.05, 3.63) is 58.7 Å². The molecule has 0 bridgehead atoms. The van der Waals surface area contributed by atoms with Crippen LogP contribution in [0.5, 0.6) is 11.5 Å². The van der Waals surface area contributed by atoms with Gasteiger partial charge >= 0.3 is 17.2 Å². The molecule has 0 amide bonds. The van der Waals surface area contributed by atoms with E-state index < -0.39 is 17.2 Å². The highest BCUT2D eigenvalue weighted by atomic mass is 31.2. The first kappa shape index (κ1) is 30.7. The summed E-state index contributed by atoms with van der Waals surface area (Å²) in [6.07, 6.45) is 11.1. The molecule has 2 fully saturated rings. The molecule has 0 N–H and O–H groups in total. The maximum absolute atomic E-state index is 6.26. The van der Waals surface area contributed by atoms with Gasteiger partial charge in [-0.1, -0.05) is 71.2 Å². The lowest BCUT2D eigenvalue weighted by Gasteiger charge is -2.41. The normalized spacial score (nSPS) is 23.2. The second-order valence-electron chi connectivity index (χ2n) is 10.8. The SMILES string of the molecule is CCCCc1ccc(OP2OCC3(COP(Oc4ccc(CC)cc4CCCC)OC3)CO2)c(CCCC)c1. The molecule has 0 radical (unpaired) electrons. The Labute approximate surface area is 238 Å². The fourth-order valence-corrected chi connectivity index (χ4v) is 7.23. The van der Waals surface area contributed by atoms with Crippen molar-refractivity contribution in [1.82, 2.24) is 0 Å². The average Bonchev–Trinajstić information content (AvgIpc) is 2.97. The first-order valence-electron chi connectivity index (χ1n) is 14.8. The Balaban J connectivity index is 1.29. The summed E-state index contributed by atoms with van der Waals surface area (Å²) in [5.41, 5.74) is 4.84. The van der Waals surface area contributed by atoms with Crippen molar-refractivity contribution in [2.45, 2.75) is 91.9 Å². The van der Waals surface area contributed by atoms with E-state index in [-0.39, 0.29) is 5.41 Å². The van der Waals surface area contributed by atoms with Crippen molar-refractivity contribution in [1.29, 1.82) is 0 Å². The van der Waals surface area contributed by atoms with Crippen LogP contribution in [0, 0.1) is 5.41 Å². The van der Waals surface area contributed by atoms with E-state index in [1.165, 1.54) is 35.1 Å². The zero-order valence-corrected chi connectivity index (χ0v) is 26.0. The third kappa shape index (κ3) is 8.86. The Morgan fingerprint density at radius 1 is 0.615 bits per heavy atom. The van der Waals surface area contributed by atoms with Crippen LogP contribution in [0.1, 0.15) is 88.5 Å². The molecule has 2 saturated heterocycles. The predicted octanol–water partition coefficient (Wildman–Crippen LogP) is 9.27. The van der Waals surface area contributed by atoms with E-state index >= 15 is 0 Å². The summed E-state index contributed by atoms with van der Waals surface area (Å²) in [4.78, 5) is 0. The molecule has 4 rings (SSSR count). The lowest BCUT2D eigenvalue weighted by Crippen LogP contribution is -2.45. The lowest BCUT2D eigenvalue weighted by molar-refractivity contribution is -0.0673. The quantitative estimate of drug-likeness (QED) is 0.209. The molecule has 0 unspecified atom stereocenters. The number of aryl methyl sites for hydroxylation is 4. The second kappa shape index (κ2) is 15.7. The van der Waals surface area contributed by atoms with Gasteiger partial charge in [0.15, 0.2) is 0 Å². The number of unbranched alkanes of at least 4 members (excludes halogenated alkanes) is 3. The van der Waals surface area contributed by atoms with Crippen molar-refractivity contribution >= 4 is 17.2 Å². The van der Waals surface area contributed by atoms with Crippen molar-refractivity contribution in [2.75, 3.05) is 26.4 Å². The number of rotatable bonds is 14. The third-order valence-corrected chi connectivity index (χ3v) is 9.38. The summed E-state index contributed by atoms with van der Waals surface area (Å²) in [7, 11) is -2.90. The predicted molar refractivity (Wildman–Crippen MR) is 159 cm³/mol. The summed E-state index contributed by atoms with van der Waals surface area (Å²) in [5, 5.41) is 0. The van der Waals surface area contributed by atoms with E-state index in [1.807, 2.05) is 0 Å². The largest absolute Gasteiger partial charge is 0.426 e. The molecule has 2 aromatic carbocycles. The van der Waals surface area contributed by atoms with Crippen molar-refractivity contribution in [3.8, 4) is 11.5 Å². The van der Waals surface area contributed by atoms with Gasteiger partial charge < -0.3 is 27.1 Å². The van der Waals surface area contributed by atoms with Crippen LogP contribution in [0.25, 0.3) is 0 Å². The van der Waals surface area contributed by atoms with E-state index in [0.29, 0.717) is 26.4 Å². The molecule has 0 aromatic heterocycles. The van der Waals surface area contributed by atoms with E-state index in [1.54, 1.807) is 0 Å². The fraction of sp³-hybridized carbons (Fsp3) is 0.613. The molecule has 8 heteroatoms. The van der Waals surface area contributed by atoms with Crippen LogP contribution >= 0.6 is 17.2 Å². The number of hydrogen-bond acceptors (Lipinski definition) is 6. The van der Waals surface area contributed by atoms with Gasteiger partial charge in [-0.05, 0) is 79.3 Å². The standard InChI is InChI=1S/C31H46O6P2/c1-5-9-12-26-16-18-30(28(20-26)14-11-7-3)37-39-34-23-31(24-35-39)21-32-38(33-22-31)36-29-17-15-25(8-4)19-27(29)13-10-6-2/h15-20H,5-14,21-24H2,1-4H3. The molecule has 0 saturated carbocycles. The highest BCUT2D eigenvalue weighted by molar-refractivity contribution is 7.42. The summed E-state index contributed by atoms with van der Waals surface area (Å²) < 4.78 is 36.8. The second-order valence-corrected chi connectivity index (χ2v) is 13.1. The molecule has 216 valence electrons. The van der Waals surface area contributed by atoms with Crippen molar-refractivity contribution in [3.63, 3.8) is 0 Å².